The minimum atomic E-state index is 0. The first-order valence-corrected chi connectivity index (χ1v) is 4.76. The molecule has 1 rings (SSSR count). The molecule has 0 amide bonds. The van der Waals surface area contributed by atoms with Crippen LogP contribution in [0, 0.1) is 0 Å². The molecular weight excluding hydrogens is 174 g/mol. The Hall–Kier alpha value is 0.210. The SMILES string of the molecule is CCCCOC1CCNCC1.Cl. The van der Waals surface area contributed by atoms with E-state index in [2.05, 4.69) is 12.2 Å². The molecule has 0 aromatic heterocycles. The number of hydrogen-bond acceptors (Lipinski definition) is 2. The number of halogens is 1. The van der Waals surface area contributed by atoms with E-state index < -0.39 is 0 Å². The van der Waals surface area contributed by atoms with Gasteiger partial charge in [-0.25, -0.2) is 0 Å². The minimum absolute atomic E-state index is 0. The number of nitrogens with one attached hydrogen (secondary N) is 1. The van der Waals surface area contributed by atoms with Gasteiger partial charge in [0.05, 0.1) is 6.10 Å². The fraction of sp³-hybridized carbons (Fsp3) is 1.00. The second-order valence-corrected chi connectivity index (χ2v) is 3.17. The molecule has 0 unspecified atom stereocenters. The van der Waals surface area contributed by atoms with Gasteiger partial charge in [-0.1, -0.05) is 13.3 Å². The maximum atomic E-state index is 5.68. The summed E-state index contributed by atoms with van der Waals surface area (Å²) in [6.07, 6.45) is 5.39. The second kappa shape index (κ2) is 7.84. The van der Waals surface area contributed by atoms with Crippen molar-refractivity contribution in [2.24, 2.45) is 0 Å². The van der Waals surface area contributed by atoms with Crippen LogP contribution in [0.1, 0.15) is 32.6 Å². The molecule has 0 aliphatic carbocycles. The van der Waals surface area contributed by atoms with Gasteiger partial charge >= 0.3 is 0 Å². The predicted octanol–water partition coefficient (Wildman–Crippen LogP) is 1.98. The van der Waals surface area contributed by atoms with Gasteiger partial charge in [-0.15, -0.1) is 12.4 Å². The molecule has 0 saturated carbocycles. The van der Waals surface area contributed by atoms with Gasteiger partial charge in [0.1, 0.15) is 0 Å². The van der Waals surface area contributed by atoms with E-state index >= 15 is 0 Å². The van der Waals surface area contributed by atoms with Gasteiger partial charge in [0.15, 0.2) is 0 Å². The second-order valence-electron chi connectivity index (χ2n) is 3.17. The molecule has 0 spiro atoms. The minimum Gasteiger partial charge on any atom is -0.378 e. The summed E-state index contributed by atoms with van der Waals surface area (Å²) >= 11 is 0. The van der Waals surface area contributed by atoms with E-state index in [4.69, 9.17) is 4.74 Å². The van der Waals surface area contributed by atoms with Crippen molar-refractivity contribution >= 4 is 12.4 Å². The third kappa shape index (κ3) is 4.96. The van der Waals surface area contributed by atoms with E-state index in [-0.39, 0.29) is 12.4 Å². The third-order valence-corrected chi connectivity index (χ3v) is 2.14. The van der Waals surface area contributed by atoms with E-state index in [0.717, 1.165) is 19.7 Å². The number of rotatable bonds is 4. The Morgan fingerprint density at radius 2 is 2.00 bits per heavy atom. The summed E-state index contributed by atoms with van der Waals surface area (Å²) in [5, 5.41) is 3.33. The molecule has 12 heavy (non-hydrogen) atoms. The Morgan fingerprint density at radius 1 is 1.33 bits per heavy atom. The van der Waals surface area contributed by atoms with Gasteiger partial charge in [0, 0.05) is 6.61 Å². The highest BCUT2D eigenvalue weighted by Gasteiger charge is 2.11. The summed E-state index contributed by atoms with van der Waals surface area (Å²) in [7, 11) is 0. The molecule has 2 nitrogen and oxygen atoms in total. The number of ether oxygens (including phenoxy) is 1. The third-order valence-electron chi connectivity index (χ3n) is 2.14. The zero-order chi connectivity index (χ0) is 7.94. The zero-order valence-corrected chi connectivity index (χ0v) is 8.66. The average Bonchev–Trinajstić information content (AvgIpc) is 2.07. The van der Waals surface area contributed by atoms with E-state index in [1.54, 1.807) is 0 Å². The van der Waals surface area contributed by atoms with E-state index in [1.165, 1.54) is 25.7 Å². The highest BCUT2D eigenvalue weighted by atomic mass is 35.5. The van der Waals surface area contributed by atoms with Crippen LogP contribution in [0.5, 0.6) is 0 Å². The molecule has 1 saturated heterocycles. The summed E-state index contributed by atoms with van der Waals surface area (Å²) in [5.74, 6) is 0. The fourth-order valence-corrected chi connectivity index (χ4v) is 1.36. The van der Waals surface area contributed by atoms with Crippen molar-refractivity contribution in [2.45, 2.75) is 38.7 Å². The first-order valence-electron chi connectivity index (χ1n) is 4.76. The van der Waals surface area contributed by atoms with E-state index in [1.807, 2.05) is 0 Å². The Balaban J connectivity index is 0.00000121. The van der Waals surface area contributed by atoms with Crippen molar-refractivity contribution in [1.29, 1.82) is 0 Å². The summed E-state index contributed by atoms with van der Waals surface area (Å²) in [5.41, 5.74) is 0. The summed E-state index contributed by atoms with van der Waals surface area (Å²) in [6, 6.07) is 0. The smallest absolute Gasteiger partial charge is 0.0599 e. The van der Waals surface area contributed by atoms with Crippen molar-refractivity contribution in [3.8, 4) is 0 Å². The quantitative estimate of drug-likeness (QED) is 0.690. The maximum absolute atomic E-state index is 5.68. The molecule has 1 heterocycles. The Kier molecular flexibility index (Phi) is 7.98. The Labute approximate surface area is 81.5 Å². The lowest BCUT2D eigenvalue weighted by atomic mass is 10.1. The summed E-state index contributed by atoms with van der Waals surface area (Å²) in [4.78, 5) is 0. The number of piperidine rings is 1. The lowest BCUT2D eigenvalue weighted by Crippen LogP contribution is -2.32. The summed E-state index contributed by atoms with van der Waals surface area (Å²) in [6.45, 7) is 5.43. The highest BCUT2D eigenvalue weighted by Crippen LogP contribution is 2.07. The van der Waals surface area contributed by atoms with Gasteiger partial charge in [0.25, 0.3) is 0 Å². The van der Waals surface area contributed by atoms with Crippen LogP contribution in [0.15, 0.2) is 0 Å². The monoisotopic (exact) mass is 193 g/mol. The maximum Gasteiger partial charge on any atom is 0.0599 e. The fourth-order valence-electron chi connectivity index (χ4n) is 1.36. The topological polar surface area (TPSA) is 21.3 Å². The van der Waals surface area contributed by atoms with Gasteiger partial charge in [-0.2, -0.15) is 0 Å². The van der Waals surface area contributed by atoms with Crippen molar-refractivity contribution < 1.29 is 4.74 Å². The number of hydrogen-bond donors (Lipinski definition) is 1. The predicted molar refractivity (Wildman–Crippen MR) is 54.0 cm³/mol. The van der Waals surface area contributed by atoms with E-state index in [0.29, 0.717) is 6.10 Å². The molecule has 0 radical (unpaired) electrons. The molecular formula is C9H20ClNO. The van der Waals surface area contributed by atoms with Crippen LogP contribution < -0.4 is 5.32 Å². The van der Waals surface area contributed by atoms with Crippen LogP contribution in [0.4, 0.5) is 0 Å². The lowest BCUT2D eigenvalue weighted by molar-refractivity contribution is 0.0314. The van der Waals surface area contributed by atoms with Crippen LogP contribution >= 0.6 is 12.4 Å². The molecule has 1 aliphatic heterocycles. The molecule has 74 valence electrons. The van der Waals surface area contributed by atoms with Crippen molar-refractivity contribution in [1.82, 2.24) is 5.32 Å². The van der Waals surface area contributed by atoms with Crippen LogP contribution in [-0.4, -0.2) is 25.8 Å². The van der Waals surface area contributed by atoms with Crippen molar-refractivity contribution in [3.05, 3.63) is 0 Å². The molecule has 0 bridgehead atoms. The standard InChI is InChI=1S/C9H19NO.ClH/c1-2-3-8-11-9-4-6-10-7-5-9;/h9-10H,2-8H2,1H3;1H. The zero-order valence-electron chi connectivity index (χ0n) is 7.84. The average molecular weight is 194 g/mol. The van der Waals surface area contributed by atoms with E-state index in [9.17, 15) is 0 Å². The lowest BCUT2D eigenvalue weighted by Gasteiger charge is -2.22. The van der Waals surface area contributed by atoms with Crippen LogP contribution in [0.3, 0.4) is 0 Å². The van der Waals surface area contributed by atoms with Crippen LogP contribution in [0.2, 0.25) is 0 Å². The van der Waals surface area contributed by atoms with Gasteiger partial charge in [0.2, 0.25) is 0 Å². The molecule has 0 aromatic rings. The highest BCUT2D eigenvalue weighted by molar-refractivity contribution is 5.85. The summed E-state index contributed by atoms with van der Waals surface area (Å²) < 4.78 is 5.68. The van der Waals surface area contributed by atoms with Crippen LogP contribution in [-0.2, 0) is 4.74 Å². The Morgan fingerprint density at radius 3 is 2.58 bits per heavy atom. The Bertz CT molecular complexity index is 94.5. The van der Waals surface area contributed by atoms with Gasteiger partial charge in [-0.3, -0.25) is 0 Å². The molecule has 0 aromatic carbocycles. The van der Waals surface area contributed by atoms with Gasteiger partial charge < -0.3 is 10.1 Å². The molecule has 3 heteroatoms. The van der Waals surface area contributed by atoms with Gasteiger partial charge in [-0.05, 0) is 32.4 Å². The first kappa shape index (κ1) is 12.2. The van der Waals surface area contributed by atoms with Crippen molar-refractivity contribution in [3.63, 3.8) is 0 Å². The normalized spacial score (nSPS) is 18.8. The molecule has 1 fully saturated rings. The van der Waals surface area contributed by atoms with Crippen molar-refractivity contribution in [2.75, 3.05) is 19.7 Å². The molecule has 1 aliphatic rings. The largest absolute Gasteiger partial charge is 0.378 e. The number of unbranched alkanes of at least 4 members (excludes halogenated alkanes) is 1. The molecule has 0 atom stereocenters. The molecule has 1 N–H and O–H groups in total. The van der Waals surface area contributed by atoms with Crippen LogP contribution in [0.25, 0.3) is 0 Å². The first-order chi connectivity index (χ1) is 5.43.